The number of halogens is 1. The quantitative estimate of drug-likeness (QED) is 0.630. The van der Waals surface area contributed by atoms with Crippen LogP contribution in [-0.4, -0.2) is 9.55 Å². The third-order valence-electron chi connectivity index (χ3n) is 1.94. The van der Waals surface area contributed by atoms with E-state index >= 15 is 0 Å². The predicted octanol–water partition coefficient (Wildman–Crippen LogP) is 2.04. The third kappa shape index (κ3) is 0.978. The van der Waals surface area contributed by atoms with Crippen molar-refractivity contribution in [1.82, 2.24) is 9.55 Å². The van der Waals surface area contributed by atoms with Crippen LogP contribution in [0.4, 0.5) is 4.39 Å². The van der Waals surface area contributed by atoms with Crippen LogP contribution in [0.5, 0.6) is 0 Å². The van der Waals surface area contributed by atoms with Gasteiger partial charge in [0.25, 0.3) is 0 Å². The summed E-state index contributed by atoms with van der Waals surface area (Å²) in [5.74, 6) is 0. The van der Waals surface area contributed by atoms with Crippen molar-refractivity contribution < 1.29 is 4.39 Å². The van der Waals surface area contributed by atoms with E-state index < -0.39 is 6.67 Å². The van der Waals surface area contributed by atoms with Crippen molar-refractivity contribution in [2.75, 3.05) is 0 Å². The fourth-order valence-electron chi connectivity index (χ4n) is 1.26. The lowest BCUT2D eigenvalue weighted by atomic mass is 10.2. The van der Waals surface area contributed by atoms with Gasteiger partial charge in [-0.25, -0.2) is 9.37 Å². The van der Waals surface area contributed by atoms with Gasteiger partial charge >= 0.3 is 0 Å². The highest BCUT2D eigenvalue weighted by molar-refractivity contribution is 5.75. The standard InChI is InChI=1S/C9H9FN2/c1-12-6-11-8-4-7(5-10)2-3-9(8)12/h2-4,6H,5H2,1H3. The minimum Gasteiger partial charge on any atom is -0.334 e. The monoisotopic (exact) mass is 164 g/mol. The van der Waals surface area contributed by atoms with Gasteiger partial charge in [0.05, 0.1) is 17.4 Å². The predicted molar refractivity (Wildman–Crippen MR) is 45.5 cm³/mol. The number of fused-ring (bicyclic) bond motifs is 1. The third-order valence-corrected chi connectivity index (χ3v) is 1.94. The molecule has 3 heteroatoms. The van der Waals surface area contributed by atoms with Crippen molar-refractivity contribution in [2.24, 2.45) is 7.05 Å². The zero-order valence-corrected chi connectivity index (χ0v) is 6.79. The zero-order valence-electron chi connectivity index (χ0n) is 6.79. The number of benzene rings is 1. The first-order valence-electron chi connectivity index (χ1n) is 3.77. The Hall–Kier alpha value is -1.38. The van der Waals surface area contributed by atoms with E-state index in [1.54, 1.807) is 18.5 Å². The molecule has 0 fully saturated rings. The van der Waals surface area contributed by atoms with Crippen LogP contribution in [0.1, 0.15) is 5.56 Å². The molecular formula is C9H9FN2. The Balaban J connectivity index is 2.69. The molecule has 12 heavy (non-hydrogen) atoms. The molecule has 0 amide bonds. The summed E-state index contributed by atoms with van der Waals surface area (Å²) in [6.07, 6.45) is 1.73. The van der Waals surface area contributed by atoms with Crippen LogP contribution in [-0.2, 0) is 13.7 Å². The summed E-state index contributed by atoms with van der Waals surface area (Å²) in [6.45, 7) is -0.424. The van der Waals surface area contributed by atoms with Crippen LogP contribution in [0.3, 0.4) is 0 Å². The molecule has 0 atom stereocenters. The van der Waals surface area contributed by atoms with Crippen molar-refractivity contribution in [2.45, 2.75) is 6.67 Å². The summed E-state index contributed by atoms with van der Waals surface area (Å²) in [6, 6.07) is 5.44. The number of imidazole rings is 1. The SMILES string of the molecule is Cn1cnc2cc(CF)ccc21. The number of alkyl halides is 1. The molecule has 0 radical (unpaired) electrons. The maximum atomic E-state index is 12.2. The second kappa shape index (κ2) is 2.59. The van der Waals surface area contributed by atoms with Crippen LogP contribution >= 0.6 is 0 Å². The number of aromatic nitrogens is 2. The normalized spacial score (nSPS) is 10.8. The summed E-state index contributed by atoms with van der Waals surface area (Å²) in [5.41, 5.74) is 2.57. The average molecular weight is 164 g/mol. The molecule has 0 aliphatic rings. The van der Waals surface area contributed by atoms with Crippen molar-refractivity contribution in [3.8, 4) is 0 Å². The molecule has 2 rings (SSSR count). The van der Waals surface area contributed by atoms with Gasteiger partial charge in [-0.2, -0.15) is 0 Å². The molecule has 0 aliphatic heterocycles. The van der Waals surface area contributed by atoms with Gasteiger partial charge in [-0.3, -0.25) is 0 Å². The van der Waals surface area contributed by atoms with E-state index in [2.05, 4.69) is 4.98 Å². The largest absolute Gasteiger partial charge is 0.334 e. The highest BCUT2D eigenvalue weighted by Gasteiger charge is 1.99. The van der Waals surface area contributed by atoms with Crippen LogP contribution in [0.2, 0.25) is 0 Å². The van der Waals surface area contributed by atoms with Crippen molar-refractivity contribution >= 4 is 11.0 Å². The molecule has 1 heterocycles. The Kier molecular flexibility index (Phi) is 1.57. The first-order valence-corrected chi connectivity index (χ1v) is 3.77. The minimum atomic E-state index is -0.424. The van der Waals surface area contributed by atoms with Crippen molar-refractivity contribution in [3.63, 3.8) is 0 Å². The summed E-state index contributed by atoms with van der Waals surface area (Å²) in [4.78, 5) is 4.12. The minimum absolute atomic E-state index is 0.424. The van der Waals surface area contributed by atoms with E-state index in [9.17, 15) is 4.39 Å². The van der Waals surface area contributed by atoms with E-state index in [4.69, 9.17) is 0 Å². The Labute approximate surface area is 69.6 Å². The van der Waals surface area contributed by atoms with Gasteiger partial charge in [0.15, 0.2) is 0 Å². The number of nitrogens with zero attached hydrogens (tertiary/aromatic N) is 2. The topological polar surface area (TPSA) is 17.8 Å². The lowest BCUT2D eigenvalue weighted by Crippen LogP contribution is -1.84. The molecule has 2 aromatic rings. The van der Waals surface area contributed by atoms with Crippen molar-refractivity contribution in [1.29, 1.82) is 0 Å². The maximum absolute atomic E-state index is 12.2. The molecule has 0 saturated heterocycles. The van der Waals surface area contributed by atoms with E-state index in [0.29, 0.717) is 5.56 Å². The smallest absolute Gasteiger partial charge is 0.115 e. The van der Waals surface area contributed by atoms with E-state index in [-0.39, 0.29) is 0 Å². The summed E-state index contributed by atoms with van der Waals surface area (Å²) in [7, 11) is 1.92. The fraction of sp³-hybridized carbons (Fsp3) is 0.222. The molecule has 1 aromatic carbocycles. The lowest BCUT2D eigenvalue weighted by molar-refractivity contribution is 0.485. The first-order chi connectivity index (χ1) is 5.81. The van der Waals surface area contributed by atoms with Crippen LogP contribution in [0.15, 0.2) is 24.5 Å². The molecule has 0 unspecified atom stereocenters. The van der Waals surface area contributed by atoms with Crippen LogP contribution < -0.4 is 0 Å². The number of rotatable bonds is 1. The Morgan fingerprint density at radius 2 is 2.33 bits per heavy atom. The second-order valence-corrected chi connectivity index (χ2v) is 2.81. The molecule has 2 nitrogen and oxygen atoms in total. The van der Waals surface area contributed by atoms with Crippen LogP contribution in [0.25, 0.3) is 11.0 Å². The Bertz CT molecular complexity index is 406. The molecule has 1 aromatic heterocycles. The first kappa shape index (κ1) is 7.28. The summed E-state index contributed by atoms with van der Waals surface area (Å²) >= 11 is 0. The van der Waals surface area contributed by atoms with Gasteiger partial charge in [0, 0.05) is 7.05 Å². The number of hydrogen-bond acceptors (Lipinski definition) is 1. The van der Waals surface area contributed by atoms with Gasteiger partial charge in [0.1, 0.15) is 6.67 Å². The Morgan fingerprint density at radius 1 is 1.50 bits per heavy atom. The van der Waals surface area contributed by atoms with Crippen LogP contribution in [0, 0.1) is 0 Å². The molecule has 0 bridgehead atoms. The molecule has 0 spiro atoms. The second-order valence-electron chi connectivity index (χ2n) is 2.81. The molecular weight excluding hydrogens is 155 g/mol. The summed E-state index contributed by atoms with van der Waals surface area (Å²) < 4.78 is 14.1. The molecule has 0 N–H and O–H groups in total. The highest BCUT2D eigenvalue weighted by atomic mass is 19.1. The average Bonchev–Trinajstić information content (AvgIpc) is 2.47. The molecule has 62 valence electrons. The van der Waals surface area contributed by atoms with Gasteiger partial charge in [-0.05, 0) is 17.7 Å². The molecule has 0 saturated carbocycles. The van der Waals surface area contributed by atoms with Crippen molar-refractivity contribution in [3.05, 3.63) is 30.1 Å². The lowest BCUT2D eigenvalue weighted by Gasteiger charge is -1.95. The Morgan fingerprint density at radius 3 is 3.08 bits per heavy atom. The van der Waals surface area contributed by atoms with Gasteiger partial charge in [-0.1, -0.05) is 6.07 Å². The number of hydrogen-bond donors (Lipinski definition) is 0. The zero-order chi connectivity index (χ0) is 8.55. The highest BCUT2D eigenvalue weighted by Crippen LogP contribution is 2.14. The van der Waals surface area contributed by atoms with E-state index in [1.165, 1.54) is 0 Å². The number of aryl methyl sites for hydroxylation is 1. The summed E-state index contributed by atoms with van der Waals surface area (Å²) in [5, 5.41) is 0. The van der Waals surface area contributed by atoms with E-state index in [1.807, 2.05) is 17.7 Å². The van der Waals surface area contributed by atoms with Gasteiger partial charge in [0.2, 0.25) is 0 Å². The maximum Gasteiger partial charge on any atom is 0.115 e. The van der Waals surface area contributed by atoms with E-state index in [0.717, 1.165) is 11.0 Å². The fourth-order valence-corrected chi connectivity index (χ4v) is 1.26. The molecule has 0 aliphatic carbocycles. The van der Waals surface area contributed by atoms with Gasteiger partial charge in [-0.15, -0.1) is 0 Å². The van der Waals surface area contributed by atoms with Gasteiger partial charge < -0.3 is 4.57 Å².